The summed E-state index contributed by atoms with van der Waals surface area (Å²) in [5, 5.41) is 18.5. The van der Waals surface area contributed by atoms with Crippen molar-refractivity contribution in [2.75, 3.05) is 5.73 Å². The molecule has 0 radical (unpaired) electrons. The van der Waals surface area contributed by atoms with Crippen LogP contribution in [-0.4, -0.2) is 11.3 Å². The molecule has 4 N–H and O–H groups in total. The minimum Gasteiger partial charge on any atom is -0.505 e. The van der Waals surface area contributed by atoms with Crippen LogP contribution >= 0.6 is 0 Å². The van der Waals surface area contributed by atoms with Gasteiger partial charge in [0.05, 0.1) is 0 Å². The monoisotopic (exact) mass is 165 g/mol. The lowest BCUT2D eigenvalue weighted by molar-refractivity contribution is 0.477. The van der Waals surface area contributed by atoms with E-state index < -0.39 is 0 Å². The number of hydrogen-bond donors (Lipinski definition) is 3. The van der Waals surface area contributed by atoms with Crippen LogP contribution in [-0.2, 0) is 0 Å². The Hall–Kier alpha value is -1.91. The van der Waals surface area contributed by atoms with Crippen molar-refractivity contribution in [3.05, 3.63) is 22.6 Å². The van der Waals surface area contributed by atoms with Crippen LogP contribution in [0.3, 0.4) is 0 Å². The first-order valence-corrected chi connectivity index (χ1v) is 3.15. The second kappa shape index (κ2) is 3.00. The summed E-state index contributed by atoms with van der Waals surface area (Å²) in [5.41, 5.74) is 5.90. The van der Waals surface area contributed by atoms with Gasteiger partial charge in [0.25, 0.3) is 0 Å². The fraction of sp³-hybridized carbons (Fsp3) is 0. The van der Waals surface area contributed by atoms with Gasteiger partial charge in [0, 0.05) is 23.5 Å². The van der Waals surface area contributed by atoms with Crippen LogP contribution in [0.1, 0.15) is 5.56 Å². The van der Waals surface area contributed by atoms with Crippen molar-refractivity contribution in [1.82, 2.24) is 0 Å². The molecule has 1 aromatic rings. The van der Waals surface area contributed by atoms with Gasteiger partial charge < -0.3 is 16.2 Å². The summed E-state index contributed by atoms with van der Waals surface area (Å²) in [4.78, 5) is 10.1. The summed E-state index contributed by atoms with van der Waals surface area (Å²) in [6, 6.07) is 2.45. The molecule has 1 aromatic carbocycles. The quantitative estimate of drug-likeness (QED) is 0.350. The lowest BCUT2D eigenvalue weighted by atomic mass is 10.1. The van der Waals surface area contributed by atoms with Crippen LogP contribution in [0.15, 0.2) is 17.3 Å². The topological polar surface area (TPSA) is 99.5 Å². The lowest BCUT2D eigenvalue weighted by Crippen LogP contribution is -1.91. The first-order chi connectivity index (χ1) is 5.69. The molecule has 0 fully saturated rings. The first kappa shape index (κ1) is 8.19. The summed E-state index contributed by atoms with van der Waals surface area (Å²) in [6.45, 7) is 0. The maximum absolute atomic E-state index is 10.1. The van der Waals surface area contributed by atoms with E-state index in [-0.39, 0.29) is 17.1 Å². The van der Waals surface area contributed by atoms with Crippen molar-refractivity contribution < 1.29 is 5.11 Å². The third kappa shape index (κ3) is 1.24. The average Bonchev–Trinajstić information content (AvgIpc) is 2.05. The van der Waals surface area contributed by atoms with Gasteiger partial charge in [-0.15, -0.1) is 4.91 Å². The van der Waals surface area contributed by atoms with E-state index in [2.05, 4.69) is 5.18 Å². The zero-order chi connectivity index (χ0) is 9.14. The van der Waals surface area contributed by atoms with Gasteiger partial charge in [0.1, 0.15) is 11.4 Å². The van der Waals surface area contributed by atoms with Gasteiger partial charge in [-0.25, -0.2) is 0 Å². The van der Waals surface area contributed by atoms with E-state index in [9.17, 15) is 4.91 Å². The number of benzene rings is 1. The molecule has 0 spiro atoms. The second-order valence-corrected chi connectivity index (χ2v) is 2.21. The number of hydrogen-bond acceptors (Lipinski definition) is 5. The normalized spacial score (nSPS) is 9.33. The highest BCUT2D eigenvalue weighted by molar-refractivity contribution is 5.87. The maximum atomic E-state index is 10.1. The van der Waals surface area contributed by atoms with Crippen molar-refractivity contribution in [3.63, 3.8) is 0 Å². The number of phenols is 1. The Labute approximate surface area is 68.3 Å². The van der Waals surface area contributed by atoms with Crippen LogP contribution in [0.2, 0.25) is 0 Å². The van der Waals surface area contributed by atoms with Gasteiger partial charge in [-0.2, -0.15) is 0 Å². The molecule has 0 atom stereocenters. The molecule has 5 heteroatoms. The fourth-order valence-electron chi connectivity index (χ4n) is 0.807. The van der Waals surface area contributed by atoms with Crippen molar-refractivity contribution >= 4 is 17.6 Å². The average molecular weight is 165 g/mol. The highest BCUT2D eigenvalue weighted by Gasteiger charge is 2.05. The molecular weight excluding hydrogens is 158 g/mol. The van der Waals surface area contributed by atoms with E-state index in [0.29, 0.717) is 5.56 Å². The zero-order valence-electron chi connectivity index (χ0n) is 6.11. The van der Waals surface area contributed by atoms with E-state index in [1.807, 2.05) is 0 Å². The van der Waals surface area contributed by atoms with Crippen LogP contribution in [0.5, 0.6) is 5.75 Å². The Kier molecular flexibility index (Phi) is 2.05. The summed E-state index contributed by atoms with van der Waals surface area (Å²) in [7, 11) is 0. The number of rotatable bonds is 2. The van der Waals surface area contributed by atoms with Crippen LogP contribution in [0.25, 0.3) is 0 Å². The summed E-state index contributed by atoms with van der Waals surface area (Å²) in [6.07, 6.45) is 0.990. The fourth-order valence-corrected chi connectivity index (χ4v) is 0.807. The van der Waals surface area contributed by atoms with Crippen molar-refractivity contribution in [1.29, 1.82) is 5.41 Å². The predicted octanol–water partition coefficient (Wildman–Crippen LogP) is 1.37. The maximum Gasteiger partial charge on any atom is 0.150 e. The zero-order valence-corrected chi connectivity index (χ0v) is 6.11. The summed E-state index contributed by atoms with van der Waals surface area (Å²) < 4.78 is 0. The van der Waals surface area contributed by atoms with E-state index in [1.165, 1.54) is 12.1 Å². The van der Waals surface area contributed by atoms with Gasteiger partial charge in [-0.3, -0.25) is 0 Å². The van der Waals surface area contributed by atoms with E-state index in [1.54, 1.807) is 0 Å². The van der Waals surface area contributed by atoms with Gasteiger partial charge in [0.15, 0.2) is 0 Å². The number of nitrogens with one attached hydrogen (secondary N) is 1. The first-order valence-electron chi connectivity index (χ1n) is 3.15. The highest BCUT2D eigenvalue weighted by Crippen LogP contribution is 2.30. The summed E-state index contributed by atoms with van der Waals surface area (Å²) in [5.74, 6) is -0.270. The molecule has 0 amide bonds. The molecule has 0 heterocycles. The van der Waals surface area contributed by atoms with Gasteiger partial charge >= 0.3 is 0 Å². The molecule has 62 valence electrons. The van der Waals surface area contributed by atoms with Crippen LogP contribution < -0.4 is 5.73 Å². The smallest absolute Gasteiger partial charge is 0.150 e. The molecule has 0 bridgehead atoms. The molecule has 5 nitrogen and oxygen atoms in total. The Balaban J connectivity index is 3.36. The predicted molar refractivity (Wildman–Crippen MR) is 45.9 cm³/mol. The minimum absolute atomic E-state index is 0.109. The lowest BCUT2D eigenvalue weighted by Gasteiger charge is -2.01. The largest absolute Gasteiger partial charge is 0.505 e. The van der Waals surface area contributed by atoms with E-state index in [4.69, 9.17) is 16.2 Å². The van der Waals surface area contributed by atoms with Crippen molar-refractivity contribution in [2.24, 2.45) is 5.18 Å². The van der Waals surface area contributed by atoms with Crippen molar-refractivity contribution in [3.8, 4) is 5.75 Å². The second-order valence-electron chi connectivity index (χ2n) is 2.21. The molecule has 0 saturated carbocycles. The standard InChI is InChI=1S/C7H7N3O2/c8-3-4-1-6(10-12)7(11)2-5(4)9/h1-3,8,11H,9H2. The number of nitrogen functional groups attached to an aromatic ring is 1. The van der Waals surface area contributed by atoms with Crippen molar-refractivity contribution in [2.45, 2.75) is 0 Å². The van der Waals surface area contributed by atoms with Gasteiger partial charge in [-0.1, -0.05) is 0 Å². The summed E-state index contributed by atoms with van der Waals surface area (Å²) >= 11 is 0. The van der Waals surface area contributed by atoms with Gasteiger partial charge in [-0.05, 0) is 11.2 Å². The Bertz CT molecular complexity index is 306. The molecule has 1 rings (SSSR count). The van der Waals surface area contributed by atoms with Crippen LogP contribution in [0.4, 0.5) is 11.4 Å². The Morgan fingerprint density at radius 3 is 2.75 bits per heavy atom. The number of nitrogens with two attached hydrogens (primary N) is 1. The molecule has 0 aromatic heterocycles. The number of nitrogens with zero attached hydrogens (tertiary/aromatic N) is 1. The van der Waals surface area contributed by atoms with Crippen LogP contribution in [0, 0.1) is 10.3 Å². The molecule has 0 unspecified atom stereocenters. The minimum atomic E-state index is -0.270. The molecule has 0 aliphatic rings. The molecular formula is C7H7N3O2. The Morgan fingerprint density at radius 1 is 1.58 bits per heavy atom. The molecule has 0 aliphatic heterocycles. The number of nitroso groups, excluding NO2 is 1. The highest BCUT2D eigenvalue weighted by atomic mass is 16.3. The third-order valence-electron chi connectivity index (χ3n) is 1.43. The Morgan fingerprint density at radius 2 is 2.25 bits per heavy atom. The number of phenolic OH excluding ortho intramolecular Hbond substituents is 1. The van der Waals surface area contributed by atoms with E-state index >= 15 is 0 Å². The van der Waals surface area contributed by atoms with E-state index in [0.717, 1.165) is 6.21 Å². The number of aromatic hydroxyl groups is 1. The van der Waals surface area contributed by atoms with Gasteiger partial charge in [0.2, 0.25) is 0 Å². The third-order valence-corrected chi connectivity index (χ3v) is 1.43. The molecule has 0 saturated heterocycles. The molecule has 12 heavy (non-hydrogen) atoms. The SMILES string of the molecule is N=Cc1cc(N=O)c(O)cc1N. The number of anilines is 1. The molecule has 0 aliphatic carbocycles.